The second-order valence-corrected chi connectivity index (χ2v) is 3.30. The van der Waals surface area contributed by atoms with Gasteiger partial charge in [0.15, 0.2) is 0 Å². The maximum absolute atomic E-state index is 4.21. The lowest BCUT2D eigenvalue weighted by Crippen LogP contribution is -1.90. The predicted octanol–water partition coefficient (Wildman–Crippen LogP) is 2.87. The van der Waals surface area contributed by atoms with Crippen LogP contribution in [-0.2, 0) is 0 Å². The lowest BCUT2D eigenvalue weighted by atomic mass is 10.0. The zero-order chi connectivity index (χ0) is 9.14. The summed E-state index contributed by atoms with van der Waals surface area (Å²) in [7, 11) is 0. The monoisotopic (exact) mass is 164 g/mol. The fourth-order valence-electron chi connectivity index (χ4n) is 1.47. The van der Waals surface area contributed by atoms with Crippen molar-refractivity contribution in [1.29, 1.82) is 0 Å². The summed E-state index contributed by atoms with van der Waals surface area (Å²) in [6.45, 7) is 8.44. The molecule has 0 spiro atoms. The number of aryl methyl sites for hydroxylation is 1. The minimum absolute atomic E-state index is 0.537. The van der Waals surface area contributed by atoms with E-state index in [-0.39, 0.29) is 0 Å². The Balaban J connectivity index is 3.12. The molecule has 0 aliphatic rings. The number of allylic oxidation sites excluding steroid dienone is 1. The molecule has 0 aliphatic heterocycles. The van der Waals surface area contributed by atoms with E-state index in [2.05, 4.69) is 31.0 Å². The van der Waals surface area contributed by atoms with Crippen LogP contribution in [-0.4, -0.2) is 10.2 Å². The van der Waals surface area contributed by atoms with E-state index in [1.165, 1.54) is 11.3 Å². The minimum atomic E-state index is 0.537. The average molecular weight is 164 g/mol. The van der Waals surface area contributed by atoms with E-state index in [1.807, 2.05) is 19.1 Å². The Bertz CT molecular complexity index is 282. The van der Waals surface area contributed by atoms with E-state index in [4.69, 9.17) is 0 Å². The molecule has 66 valence electrons. The summed E-state index contributed by atoms with van der Waals surface area (Å²) in [5.41, 5.74) is 3.58. The van der Waals surface area contributed by atoms with Gasteiger partial charge in [0, 0.05) is 11.3 Å². The van der Waals surface area contributed by atoms with Crippen molar-refractivity contribution in [1.82, 2.24) is 10.2 Å². The van der Waals surface area contributed by atoms with E-state index < -0.39 is 0 Å². The van der Waals surface area contributed by atoms with Crippen LogP contribution in [0, 0.1) is 6.92 Å². The van der Waals surface area contributed by atoms with Crippen LogP contribution < -0.4 is 0 Å². The first kappa shape index (κ1) is 9.04. The third kappa shape index (κ3) is 1.58. The number of H-pyrrole nitrogens is 1. The van der Waals surface area contributed by atoms with Crippen LogP contribution in [0.3, 0.4) is 0 Å². The number of rotatable bonds is 2. The highest BCUT2D eigenvalue weighted by Gasteiger charge is 2.10. The van der Waals surface area contributed by atoms with Crippen LogP contribution in [0.25, 0.3) is 6.08 Å². The van der Waals surface area contributed by atoms with Crippen LogP contribution in [0.5, 0.6) is 0 Å². The summed E-state index contributed by atoms with van der Waals surface area (Å²) >= 11 is 0. The lowest BCUT2D eigenvalue weighted by Gasteiger charge is -2.03. The predicted molar refractivity (Wildman–Crippen MR) is 52.1 cm³/mol. The summed E-state index contributed by atoms with van der Waals surface area (Å²) in [5.74, 6) is 0.537. The molecule has 1 rings (SSSR count). The number of nitrogens with zero attached hydrogens (tertiary/aromatic N) is 1. The van der Waals surface area contributed by atoms with Crippen molar-refractivity contribution in [2.24, 2.45) is 0 Å². The molecule has 0 radical (unpaired) electrons. The molecule has 0 bridgehead atoms. The molecule has 0 amide bonds. The summed E-state index contributed by atoms with van der Waals surface area (Å²) in [4.78, 5) is 0. The molecule has 1 aromatic rings. The van der Waals surface area contributed by atoms with Crippen LogP contribution in [0.15, 0.2) is 6.08 Å². The lowest BCUT2D eigenvalue weighted by molar-refractivity contribution is 0.854. The molecular weight excluding hydrogens is 148 g/mol. The molecule has 0 unspecified atom stereocenters. The third-order valence-corrected chi connectivity index (χ3v) is 1.93. The zero-order valence-electron chi connectivity index (χ0n) is 8.18. The first-order valence-electron chi connectivity index (χ1n) is 4.34. The van der Waals surface area contributed by atoms with Crippen molar-refractivity contribution in [2.45, 2.75) is 33.6 Å². The molecule has 0 aromatic carbocycles. The van der Waals surface area contributed by atoms with Crippen molar-refractivity contribution in [2.75, 3.05) is 0 Å². The minimum Gasteiger partial charge on any atom is -0.282 e. The van der Waals surface area contributed by atoms with Gasteiger partial charge in [-0.05, 0) is 25.8 Å². The van der Waals surface area contributed by atoms with Crippen molar-refractivity contribution in [3.8, 4) is 0 Å². The van der Waals surface area contributed by atoms with Gasteiger partial charge in [0.25, 0.3) is 0 Å². The maximum atomic E-state index is 4.21. The van der Waals surface area contributed by atoms with Crippen LogP contribution in [0.1, 0.15) is 43.6 Å². The first-order valence-corrected chi connectivity index (χ1v) is 4.34. The summed E-state index contributed by atoms with van der Waals surface area (Å²) in [5, 5.41) is 7.22. The third-order valence-electron chi connectivity index (χ3n) is 1.93. The standard InChI is InChI=1S/C10H16N2/c1-5-6-9-10(7(2)3)8(4)11-12-9/h5-7H,1-4H3,(H,11,12). The molecule has 2 heteroatoms. The fraction of sp³-hybridized carbons (Fsp3) is 0.500. The molecule has 2 nitrogen and oxygen atoms in total. The van der Waals surface area contributed by atoms with Crippen molar-refractivity contribution in [3.63, 3.8) is 0 Å². The van der Waals surface area contributed by atoms with Gasteiger partial charge in [0.2, 0.25) is 0 Å². The van der Waals surface area contributed by atoms with Gasteiger partial charge < -0.3 is 0 Å². The van der Waals surface area contributed by atoms with Gasteiger partial charge in [-0.1, -0.05) is 19.9 Å². The van der Waals surface area contributed by atoms with E-state index >= 15 is 0 Å². The second kappa shape index (κ2) is 3.57. The zero-order valence-corrected chi connectivity index (χ0v) is 8.18. The van der Waals surface area contributed by atoms with Gasteiger partial charge in [-0.3, -0.25) is 5.10 Å². The molecule has 0 aliphatic carbocycles. The van der Waals surface area contributed by atoms with E-state index in [0.29, 0.717) is 5.92 Å². The Kier molecular flexibility index (Phi) is 2.69. The molecular formula is C10H16N2. The highest BCUT2D eigenvalue weighted by molar-refractivity contribution is 5.51. The Morgan fingerprint density at radius 1 is 1.42 bits per heavy atom. The van der Waals surface area contributed by atoms with Gasteiger partial charge in [-0.15, -0.1) is 0 Å². The highest BCUT2D eigenvalue weighted by Crippen LogP contribution is 2.21. The number of aromatic amines is 1. The topological polar surface area (TPSA) is 28.7 Å². The number of hydrogen-bond donors (Lipinski definition) is 1. The normalized spacial score (nSPS) is 11.8. The first-order chi connectivity index (χ1) is 5.66. The van der Waals surface area contributed by atoms with Gasteiger partial charge in [-0.2, -0.15) is 5.10 Å². The highest BCUT2D eigenvalue weighted by atomic mass is 15.1. The van der Waals surface area contributed by atoms with Crippen molar-refractivity contribution >= 4 is 6.08 Å². The molecule has 1 heterocycles. The Morgan fingerprint density at radius 3 is 2.58 bits per heavy atom. The van der Waals surface area contributed by atoms with Crippen molar-refractivity contribution < 1.29 is 0 Å². The number of nitrogens with one attached hydrogen (secondary N) is 1. The number of aromatic nitrogens is 2. The van der Waals surface area contributed by atoms with Crippen LogP contribution in [0.2, 0.25) is 0 Å². The van der Waals surface area contributed by atoms with E-state index in [9.17, 15) is 0 Å². The number of hydrogen-bond acceptors (Lipinski definition) is 1. The Labute approximate surface area is 73.7 Å². The fourth-order valence-corrected chi connectivity index (χ4v) is 1.47. The van der Waals surface area contributed by atoms with Gasteiger partial charge in [-0.25, -0.2) is 0 Å². The van der Waals surface area contributed by atoms with E-state index in [0.717, 1.165) is 5.69 Å². The summed E-state index contributed by atoms with van der Waals surface area (Å²) < 4.78 is 0. The molecule has 1 N–H and O–H groups in total. The van der Waals surface area contributed by atoms with Crippen molar-refractivity contribution in [3.05, 3.63) is 23.0 Å². The molecule has 12 heavy (non-hydrogen) atoms. The quantitative estimate of drug-likeness (QED) is 0.715. The second-order valence-electron chi connectivity index (χ2n) is 3.30. The smallest absolute Gasteiger partial charge is 0.0882 e. The summed E-state index contributed by atoms with van der Waals surface area (Å²) in [6, 6.07) is 0. The summed E-state index contributed by atoms with van der Waals surface area (Å²) in [6.07, 6.45) is 4.06. The van der Waals surface area contributed by atoms with Gasteiger partial charge in [0.1, 0.15) is 0 Å². The Morgan fingerprint density at radius 2 is 2.08 bits per heavy atom. The Hall–Kier alpha value is -1.05. The molecule has 0 saturated heterocycles. The van der Waals surface area contributed by atoms with Crippen LogP contribution in [0.4, 0.5) is 0 Å². The molecule has 1 aromatic heterocycles. The maximum Gasteiger partial charge on any atom is 0.0882 e. The molecule has 0 atom stereocenters. The largest absolute Gasteiger partial charge is 0.282 e. The molecule has 0 fully saturated rings. The van der Waals surface area contributed by atoms with Gasteiger partial charge in [0.05, 0.1) is 5.69 Å². The van der Waals surface area contributed by atoms with Crippen LogP contribution >= 0.6 is 0 Å². The average Bonchev–Trinajstić information content (AvgIpc) is 2.32. The SMILES string of the molecule is CC=Cc1n[nH]c(C)c1C(C)C. The molecule has 0 saturated carbocycles. The van der Waals surface area contributed by atoms with E-state index in [1.54, 1.807) is 0 Å². The van der Waals surface area contributed by atoms with Gasteiger partial charge >= 0.3 is 0 Å².